The number of carbonyl (C=O) groups excluding carboxylic acids is 4. The molecule has 1 aromatic carbocycles. The van der Waals surface area contributed by atoms with Gasteiger partial charge in [-0.3, -0.25) is 29.1 Å². The van der Waals surface area contributed by atoms with Gasteiger partial charge < -0.3 is 48.6 Å². The first-order chi connectivity index (χ1) is 33.0. The summed E-state index contributed by atoms with van der Waals surface area (Å²) in [6.45, 7) is 5.19. The summed E-state index contributed by atoms with van der Waals surface area (Å²) >= 11 is 1.63. The number of hydrogen-bond donors (Lipinski definition) is 2. The number of aromatic nitrogens is 3. The average molecular weight is 960 g/mol. The van der Waals surface area contributed by atoms with Crippen molar-refractivity contribution in [2.24, 2.45) is 5.92 Å². The molecule has 2 N–H and O–H groups in total. The number of benzene rings is 1. The van der Waals surface area contributed by atoms with Crippen LogP contribution < -0.4 is 20.1 Å². The number of rotatable bonds is 15. The molecule has 0 radical (unpaired) electrons. The van der Waals surface area contributed by atoms with Gasteiger partial charge in [0.25, 0.3) is 11.8 Å². The Balaban J connectivity index is 0.814. The van der Waals surface area contributed by atoms with Gasteiger partial charge >= 0.3 is 0 Å². The van der Waals surface area contributed by atoms with Crippen LogP contribution in [0.4, 0.5) is 8.78 Å². The molecule has 364 valence electrons. The number of piperazine rings is 1. The van der Waals surface area contributed by atoms with Crippen molar-refractivity contribution in [3.05, 3.63) is 71.1 Å². The predicted molar refractivity (Wildman–Crippen MR) is 248 cm³/mol. The largest absolute Gasteiger partial charge is 0.489 e. The van der Waals surface area contributed by atoms with Gasteiger partial charge in [-0.15, -0.1) is 11.3 Å². The van der Waals surface area contributed by atoms with E-state index in [2.05, 4.69) is 25.7 Å². The molecule has 17 nitrogen and oxygen atoms in total. The molecule has 0 spiro atoms. The number of ether oxygens (including phenoxy) is 3. The number of morpholine rings is 1. The summed E-state index contributed by atoms with van der Waals surface area (Å²) in [5.41, 5.74) is 1.22. The smallest absolute Gasteiger partial charge is 0.270 e. The molecule has 20 heteroatoms. The van der Waals surface area contributed by atoms with Crippen molar-refractivity contribution >= 4 is 56.1 Å². The van der Waals surface area contributed by atoms with E-state index in [1.165, 1.54) is 10.6 Å². The third-order valence-electron chi connectivity index (χ3n) is 13.9. The van der Waals surface area contributed by atoms with Gasteiger partial charge in [-0.2, -0.15) is 0 Å². The minimum absolute atomic E-state index is 0.0220. The fraction of sp³-hybridized carbons (Fsp3) is 0.542. The Hall–Kier alpha value is -5.70. The fourth-order valence-corrected chi connectivity index (χ4v) is 10.7. The molecule has 4 amide bonds. The second-order valence-electron chi connectivity index (χ2n) is 18.2. The van der Waals surface area contributed by atoms with E-state index in [4.69, 9.17) is 18.7 Å². The van der Waals surface area contributed by atoms with Gasteiger partial charge in [-0.1, -0.05) is 19.3 Å². The van der Waals surface area contributed by atoms with Crippen molar-refractivity contribution in [1.29, 1.82) is 0 Å². The van der Waals surface area contributed by atoms with Crippen LogP contribution in [0.1, 0.15) is 68.1 Å². The second-order valence-corrected chi connectivity index (χ2v) is 19.2. The van der Waals surface area contributed by atoms with Gasteiger partial charge in [0.1, 0.15) is 36.7 Å². The van der Waals surface area contributed by atoms with Gasteiger partial charge in [0.05, 0.1) is 47.6 Å². The van der Waals surface area contributed by atoms with E-state index in [-0.39, 0.29) is 111 Å². The standard InChI is InChI=1S/C48H59F2N9O8S/c1-30(51-2)46(61)53-44(31-6-4-3-5-7-31)48(63)57-17-15-56(16-18-57)47(62)40-23-32-22-36(49)37(50)25-39(32)59(40)27-43(60)58-19-20-64-28-33(58)29-65-42-24-35(67-54-42)26-55-13-9-34(10-14-55)66-41-8-12-52-38-11-21-68-45(38)41/h8,11-12,21-25,30-31,33-34,44,51H,3-7,9-10,13-20,26-29H2,1-2H3,(H,53,61)/t30-,33-,44?/m0/s1. The molecule has 9 rings (SSSR count). The quantitative estimate of drug-likeness (QED) is 0.147. The molecule has 3 saturated heterocycles. The molecule has 3 aliphatic heterocycles. The Bertz CT molecular complexity index is 2580. The molecule has 4 fully saturated rings. The van der Waals surface area contributed by atoms with Gasteiger partial charge in [0.2, 0.25) is 17.7 Å². The summed E-state index contributed by atoms with van der Waals surface area (Å²) in [7, 11) is 1.69. The van der Waals surface area contributed by atoms with Gasteiger partial charge in [-0.25, -0.2) is 8.78 Å². The number of likely N-dealkylation sites (tertiary alicyclic amines) is 1. The fourth-order valence-electron chi connectivity index (χ4n) is 9.84. The van der Waals surface area contributed by atoms with Crippen LogP contribution in [0.3, 0.4) is 0 Å². The van der Waals surface area contributed by atoms with Crippen LogP contribution in [-0.4, -0.2) is 155 Å². The van der Waals surface area contributed by atoms with Gasteiger partial charge in [0.15, 0.2) is 17.4 Å². The van der Waals surface area contributed by atoms with E-state index < -0.39 is 35.7 Å². The van der Waals surface area contributed by atoms with Crippen LogP contribution in [0.15, 0.2) is 52.5 Å². The average Bonchev–Trinajstić information content (AvgIpc) is 4.12. The van der Waals surface area contributed by atoms with Crippen molar-refractivity contribution < 1.29 is 46.7 Å². The van der Waals surface area contributed by atoms with E-state index in [1.54, 1.807) is 52.3 Å². The molecule has 68 heavy (non-hydrogen) atoms. The molecule has 4 aliphatic rings. The summed E-state index contributed by atoms with van der Waals surface area (Å²) in [6, 6.07) is 7.51. The van der Waals surface area contributed by atoms with E-state index in [0.717, 1.165) is 86.1 Å². The Kier molecular flexibility index (Phi) is 14.8. The van der Waals surface area contributed by atoms with Crippen LogP contribution in [-0.2, 0) is 32.2 Å². The SMILES string of the molecule is CN[C@@H](C)C(=O)NC(C(=O)N1CCN(C(=O)c2cc3cc(F)c(F)cc3n2CC(=O)N2CCOC[C@H]2COc2cc(CN3CCC(Oc4ccnc5ccsc45)CC3)on2)CC1)C1CCCCC1. The predicted octanol–water partition coefficient (Wildman–Crippen LogP) is 4.82. The van der Waals surface area contributed by atoms with Crippen LogP contribution >= 0.6 is 11.3 Å². The van der Waals surface area contributed by atoms with Crippen molar-refractivity contribution in [3.63, 3.8) is 0 Å². The van der Waals surface area contributed by atoms with E-state index >= 15 is 0 Å². The number of piperidine rings is 1. The first kappa shape index (κ1) is 47.4. The maximum atomic E-state index is 14.8. The zero-order valence-corrected chi connectivity index (χ0v) is 39.3. The second kappa shape index (κ2) is 21.3. The van der Waals surface area contributed by atoms with Gasteiger partial charge in [-0.05, 0) is 80.4 Å². The number of halogens is 2. The number of nitrogens with zero attached hydrogens (tertiary/aromatic N) is 7. The van der Waals surface area contributed by atoms with Crippen LogP contribution in [0.2, 0.25) is 0 Å². The Labute approximate surface area is 397 Å². The first-order valence-corrected chi connectivity index (χ1v) is 24.6. The van der Waals surface area contributed by atoms with Crippen molar-refractivity contribution in [2.75, 3.05) is 72.7 Å². The van der Waals surface area contributed by atoms with Crippen molar-refractivity contribution in [2.45, 2.75) is 89.2 Å². The van der Waals surface area contributed by atoms with Crippen LogP contribution in [0, 0.1) is 17.6 Å². The third kappa shape index (κ3) is 10.6. The number of pyridine rings is 1. The number of amides is 4. The lowest BCUT2D eigenvalue weighted by Crippen LogP contribution is -2.59. The maximum Gasteiger partial charge on any atom is 0.270 e. The number of hydrogen-bond acceptors (Lipinski definition) is 13. The number of fused-ring (bicyclic) bond motifs is 2. The normalized spacial score (nSPS) is 19.9. The molecular formula is C48H59F2N9O8S. The molecular weight excluding hydrogens is 901 g/mol. The highest BCUT2D eigenvalue weighted by atomic mass is 32.1. The number of likely N-dealkylation sites (N-methyl/N-ethyl adjacent to an activating group) is 1. The van der Waals surface area contributed by atoms with Crippen molar-refractivity contribution in [3.8, 4) is 11.6 Å². The van der Waals surface area contributed by atoms with Crippen molar-refractivity contribution in [1.82, 2.24) is 44.9 Å². The summed E-state index contributed by atoms with van der Waals surface area (Å²) in [6.07, 6.45) is 8.37. The lowest BCUT2D eigenvalue weighted by atomic mass is 9.83. The minimum atomic E-state index is -1.11. The molecule has 3 atom stereocenters. The molecule has 1 aliphatic carbocycles. The highest BCUT2D eigenvalue weighted by molar-refractivity contribution is 7.17. The monoisotopic (exact) mass is 959 g/mol. The minimum Gasteiger partial charge on any atom is -0.489 e. The Morgan fingerprint density at radius 3 is 2.47 bits per heavy atom. The van der Waals surface area contributed by atoms with E-state index in [9.17, 15) is 28.0 Å². The number of thiophene rings is 1. The van der Waals surface area contributed by atoms with E-state index in [1.807, 2.05) is 17.5 Å². The Morgan fingerprint density at radius 1 is 0.926 bits per heavy atom. The highest BCUT2D eigenvalue weighted by Gasteiger charge is 2.37. The zero-order valence-electron chi connectivity index (χ0n) is 38.5. The molecule has 5 aromatic rings. The third-order valence-corrected chi connectivity index (χ3v) is 14.8. The lowest BCUT2D eigenvalue weighted by Gasteiger charge is -2.39. The Morgan fingerprint density at radius 2 is 1.69 bits per heavy atom. The van der Waals surface area contributed by atoms with Crippen LogP contribution in [0.25, 0.3) is 21.1 Å². The van der Waals surface area contributed by atoms with Gasteiger partial charge in [0, 0.05) is 69.5 Å². The summed E-state index contributed by atoms with van der Waals surface area (Å²) in [5, 5.41) is 12.4. The molecule has 0 bridgehead atoms. The number of carbonyl (C=O) groups is 4. The topological polar surface area (TPSA) is 177 Å². The lowest BCUT2D eigenvalue weighted by molar-refractivity contribution is -0.142. The van der Waals surface area contributed by atoms with Crippen LogP contribution in [0.5, 0.6) is 11.6 Å². The zero-order chi connectivity index (χ0) is 47.3. The molecule has 1 saturated carbocycles. The molecule has 7 heterocycles. The first-order valence-electron chi connectivity index (χ1n) is 23.7. The summed E-state index contributed by atoms with van der Waals surface area (Å²) in [5.74, 6) is -1.59. The maximum absolute atomic E-state index is 14.8. The molecule has 1 unspecified atom stereocenters. The molecule has 4 aromatic heterocycles. The highest BCUT2D eigenvalue weighted by Crippen LogP contribution is 2.32. The summed E-state index contributed by atoms with van der Waals surface area (Å²) < 4.78 is 55.7. The van der Waals surface area contributed by atoms with E-state index in [0.29, 0.717) is 12.3 Å². The summed E-state index contributed by atoms with van der Waals surface area (Å²) in [4.78, 5) is 67.2. The number of nitrogens with one attached hydrogen (secondary N) is 2.